The molecule has 0 saturated carbocycles. The molecule has 20 heavy (non-hydrogen) atoms. The monoisotopic (exact) mass is 286 g/mol. The maximum Gasteiger partial charge on any atom is 0.272 e. The van der Waals surface area contributed by atoms with Crippen molar-refractivity contribution in [2.45, 2.75) is 20.4 Å². The van der Waals surface area contributed by atoms with Gasteiger partial charge in [-0.3, -0.25) is 4.79 Å². The van der Waals surface area contributed by atoms with Crippen LogP contribution in [0.2, 0.25) is 0 Å². The van der Waals surface area contributed by atoms with E-state index in [1.807, 2.05) is 38.1 Å². The van der Waals surface area contributed by atoms with Gasteiger partial charge >= 0.3 is 0 Å². The van der Waals surface area contributed by atoms with Crippen molar-refractivity contribution in [2.24, 2.45) is 0 Å². The van der Waals surface area contributed by atoms with Crippen molar-refractivity contribution < 1.29 is 4.79 Å². The standard InChI is InChI=1S/C14H14N4OS/c1-9-5-3-4-6-11(9)7-15-13(19)12-10(2)17-14-18(12)16-8-20-14/h3-6,8H,7H2,1-2H3,(H,15,19). The molecule has 3 aromatic rings. The zero-order valence-corrected chi connectivity index (χ0v) is 12.1. The molecule has 0 aliphatic heterocycles. The molecular weight excluding hydrogens is 272 g/mol. The molecule has 1 N–H and O–H groups in total. The number of carbonyl (C=O) groups is 1. The lowest BCUT2D eigenvalue weighted by atomic mass is 10.1. The molecule has 6 heteroatoms. The van der Waals surface area contributed by atoms with Crippen LogP contribution in [0.5, 0.6) is 0 Å². The topological polar surface area (TPSA) is 59.3 Å². The normalized spacial score (nSPS) is 10.9. The van der Waals surface area contributed by atoms with Crippen molar-refractivity contribution in [1.29, 1.82) is 0 Å². The summed E-state index contributed by atoms with van der Waals surface area (Å²) < 4.78 is 1.59. The first-order chi connectivity index (χ1) is 9.66. The summed E-state index contributed by atoms with van der Waals surface area (Å²) in [5.41, 5.74) is 5.16. The van der Waals surface area contributed by atoms with Crippen LogP contribution in [-0.4, -0.2) is 20.5 Å². The fourth-order valence-corrected chi connectivity index (χ4v) is 2.79. The van der Waals surface area contributed by atoms with Crippen molar-refractivity contribution in [1.82, 2.24) is 19.9 Å². The summed E-state index contributed by atoms with van der Waals surface area (Å²) in [6.45, 7) is 4.36. The summed E-state index contributed by atoms with van der Waals surface area (Å²) in [5, 5.41) is 7.07. The Balaban J connectivity index is 1.82. The number of nitrogens with one attached hydrogen (secondary N) is 1. The van der Waals surface area contributed by atoms with E-state index in [4.69, 9.17) is 0 Å². The first kappa shape index (κ1) is 12.8. The lowest BCUT2D eigenvalue weighted by Crippen LogP contribution is -2.25. The van der Waals surface area contributed by atoms with Gasteiger partial charge in [-0.2, -0.15) is 9.61 Å². The molecule has 1 amide bonds. The molecule has 0 radical (unpaired) electrons. The third kappa shape index (κ3) is 2.18. The molecule has 1 aromatic carbocycles. The average molecular weight is 286 g/mol. The predicted octanol–water partition coefficient (Wildman–Crippen LogP) is 2.34. The average Bonchev–Trinajstić information content (AvgIpc) is 2.97. The fraction of sp³-hybridized carbons (Fsp3) is 0.214. The smallest absolute Gasteiger partial charge is 0.272 e. The minimum Gasteiger partial charge on any atom is -0.347 e. The van der Waals surface area contributed by atoms with Crippen molar-refractivity contribution in [3.63, 3.8) is 0 Å². The second-order valence-corrected chi connectivity index (χ2v) is 5.40. The Morgan fingerprint density at radius 2 is 2.15 bits per heavy atom. The van der Waals surface area contributed by atoms with Crippen LogP contribution in [0.15, 0.2) is 29.8 Å². The van der Waals surface area contributed by atoms with Crippen molar-refractivity contribution >= 4 is 22.2 Å². The van der Waals surface area contributed by atoms with Crippen LogP contribution in [-0.2, 0) is 6.54 Å². The highest BCUT2D eigenvalue weighted by molar-refractivity contribution is 7.14. The number of carbonyl (C=O) groups excluding carboxylic acids is 1. The Bertz CT molecular complexity index is 774. The highest BCUT2D eigenvalue weighted by Crippen LogP contribution is 2.15. The Kier molecular flexibility index (Phi) is 3.23. The number of benzene rings is 1. The number of hydrogen-bond acceptors (Lipinski definition) is 4. The third-order valence-electron chi connectivity index (χ3n) is 3.24. The summed E-state index contributed by atoms with van der Waals surface area (Å²) >= 11 is 1.42. The van der Waals surface area contributed by atoms with E-state index in [-0.39, 0.29) is 5.91 Å². The maximum atomic E-state index is 12.3. The van der Waals surface area contributed by atoms with Crippen LogP contribution in [0.1, 0.15) is 27.3 Å². The molecule has 0 atom stereocenters. The van der Waals surface area contributed by atoms with Crippen LogP contribution in [0, 0.1) is 13.8 Å². The van der Waals surface area contributed by atoms with Crippen LogP contribution in [0.4, 0.5) is 0 Å². The summed E-state index contributed by atoms with van der Waals surface area (Å²) in [7, 11) is 0. The lowest BCUT2D eigenvalue weighted by Gasteiger charge is -2.07. The van der Waals surface area contributed by atoms with Crippen molar-refractivity contribution in [2.75, 3.05) is 0 Å². The van der Waals surface area contributed by atoms with Gasteiger partial charge in [-0.1, -0.05) is 35.6 Å². The van der Waals surface area contributed by atoms with E-state index in [0.717, 1.165) is 16.1 Å². The largest absolute Gasteiger partial charge is 0.347 e. The SMILES string of the molecule is Cc1ccccc1CNC(=O)c1c(C)nc2scnn12. The Morgan fingerprint density at radius 3 is 2.95 bits per heavy atom. The number of fused-ring (bicyclic) bond motifs is 1. The van der Waals surface area contributed by atoms with E-state index < -0.39 is 0 Å². The Labute approximate surface area is 120 Å². The van der Waals surface area contributed by atoms with E-state index in [1.165, 1.54) is 11.3 Å². The number of rotatable bonds is 3. The number of amides is 1. The number of aryl methyl sites for hydroxylation is 2. The number of hydrogen-bond donors (Lipinski definition) is 1. The fourth-order valence-electron chi connectivity index (χ4n) is 2.12. The van der Waals surface area contributed by atoms with E-state index in [9.17, 15) is 4.79 Å². The zero-order valence-electron chi connectivity index (χ0n) is 11.3. The maximum absolute atomic E-state index is 12.3. The summed E-state index contributed by atoms with van der Waals surface area (Å²) in [4.78, 5) is 17.4. The highest BCUT2D eigenvalue weighted by atomic mass is 32.1. The second-order valence-electron chi connectivity index (χ2n) is 4.59. The second kappa shape index (κ2) is 5.05. The van der Waals surface area contributed by atoms with Crippen LogP contribution >= 0.6 is 11.3 Å². The molecular formula is C14H14N4OS. The molecule has 0 spiro atoms. The number of aromatic nitrogens is 3. The Hall–Kier alpha value is -2.21. The predicted molar refractivity (Wildman–Crippen MR) is 78.0 cm³/mol. The van der Waals surface area contributed by atoms with E-state index in [2.05, 4.69) is 15.4 Å². The van der Waals surface area contributed by atoms with Gasteiger partial charge < -0.3 is 5.32 Å². The van der Waals surface area contributed by atoms with Gasteiger partial charge in [-0.15, -0.1) is 0 Å². The molecule has 2 aromatic heterocycles. The van der Waals surface area contributed by atoms with E-state index in [1.54, 1.807) is 10.0 Å². The summed E-state index contributed by atoms with van der Waals surface area (Å²) in [5.74, 6) is -0.149. The summed E-state index contributed by atoms with van der Waals surface area (Å²) in [6, 6.07) is 8.00. The molecule has 2 heterocycles. The molecule has 3 rings (SSSR count). The first-order valence-electron chi connectivity index (χ1n) is 6.28. The molecule has 0 bridgehead atoms. The molecule has 0 fully saturated rings. The molecule has 0 aliphatic rings. The zero-order chi connectivity index (χ0) is 14.1. The van der Waals surface area contributed by atoms with Gasteiger partial charge in [0.05, 0.1) is 5.69 Å². The van der Waals surface area contributed by atoms with E-state index >= 15 is 0 Å². The van der Waals surface area contributed by atoms with Gasteiger partial charge in [-0.25, -0.2) is 4.98 Å². The number of nitrogens with zero attached hydrogens (tertiary/aromatic N) is 3. The van der Waals surface area contributed by atoms with Gasteiger partial charge in [0.15, 0.2) is 5.69 Å². The minimum atomic E-state index is -0.149. The van der Waals surface area contributed by atoms with Gasteiger partial charge in [0.25, 0.3) is 5.91 Å². The van der Waals surface area contributed by atoms with Crippen molar-refractivity contribution in [3.8, 4) is 0 Å². The molecule has 5 nitrogen and oxygen atoms in total. The quantitative estimate of drug-likeness (QED) is 0.804. The van der Waals surface area contributed by atoms with Gasteiger partial charge in [0, 0.05) is 6.54 Å². The van der Waals surface area contributed by atoms with Crippen LogP contribution in [0.25, 0.3) is 4.96 Å². The number of imidazole rings is 1. The van der Waals surface area contributed by atoms with Gasteiger partial charge in [-0.05, 0) is 25.0 Å². The molecule has 0 aliphatic carbocycles. The summed E-state index contributed by atoms with van der Waals surface area (Å²) in [6.07, 6.45) is 0. The Morgan fingerprint density at radius 1 is 1.35 bits per heavy atom. The van der Waals surface area contributed by atoms with E-state index in [0.29, 0.717) is 17.9 Å². The molecule has 0 unspecified atom stereocenters. The lowest BCUT2D eigenvalue weighted by molar-refractivity contribution is 0.0943. The third-order valence-corrected chi connectivity index (χ3v) is 3.91. The molecule has 102 valence electrons. The van der Waals surface area contributed by atoms with Crippen LogP contribution < -0.4 is 5.32 Å². The van der Waals surface area contributed by atoms with Gasteiger partial charge in [0.1, 0.15) is 5.51 Å². The van der Waals surface area contributed by atoms with Crippen molar-refractivity contribution in [3.05, 3.63) is 52.3 Å². The van der Waals surface area contributed by atoms with Gasteiger partial charge in [0.2, 0.25) is 4.96 Å². The first-order valence-corrected chi connectivity index (χ1v) is 7.16. The van der Waals surface area contributed by atoms with Crippen LogP contribution in [0.3, 0.4) is 0 Å². The minimum absolute atomic E-state index is 0.149. The molecule has 0 saturated heterocycles. The highest BCUT2D eigenvalue weighted by Gasteiger charge is 2.18.